The minimum atomic E-state index is -0.457. The van der Waals surface area contributed by atoms with Crippen LogP contribution in [-0.2, 0) is 19.1 Å². The molecule has 6 nitrogen and oxygen atoms in total. The van der Waals surface area contributed by atoms with Crippen LogP contribution in [-0.4, -0.2) is 75.7 Å². The van der Waals surface area contributed by atoms with E-state index in [2.05, 4.69) is 0 Å². The molecule has 1 fully saturated rings. The van der Waals surface area contributed by atoms with Gasteiger partial charge in [0.2, 0.25) is 0 Å². The largest absolute Gasteiger partial charge is 0.384 e. The van der Waals surface area contributed by atoms with Crippen molar-refractivity contribution in [3.63, 3.8) is 0 Å². The van der Waals surface area contributed by atoms with Crippen molar-refractivity contribution >= 4 is 11.8 Å². The second-order valence-electron chi connectivity index (χ2n) is 4.85. The van der Waals surface area contributed by atoms with Crippen LogP contribution in [0.1, 0.15) is 6.92 Å². The third-order valence-corrected chi connectivity index (χ3v) is 3.24. The highest BCUT2D eigenvalue weighted by molar-refractivity contribution is 6.35. The molecule has 18 heavy (non-hydrogen) atoms. The SMILES string of the molecule is CCN(C)C(=O)C(=O)N1CC(COC)(COC)C1. The van der Waals surface area contributed by atoms with Gasteiger partial charge in [0, 0.05) is 40.9 Å². The highest BCUT2D eigenvalue weighted by Gasteiger charge is 2.47. The highest BCUT2D eigenvalue weighted by Crippen LogP contribution is 2.31. The van der Waals surface area contributed by atoms with E-state index in [0.29, 0.717) is 32.8 Å². The van der Waals surface area contributed by atoms with E-state index in [9.17, 15) is 9.59 Å². The van der Waals surface area contributed by atoms with E-state index in [1.807, 2.05) is 6.92 Å². The van der Waals surface area contributed by atoms with Gasteiger partial charge in [-0.2, -0.15) is 0 Å². The van der Waals surface area contributed by atoms with E-state index >= 15 is 0 Å². The molecule has 6 heteroatoms. The first-order valence-electron chi connectivity index (χ1n) is 6.02. The number of carbonyl (C=O) groups excluding carboxylic acids is 2. The van der Waals surface area contributed by atoms with Crippen molar-refractivity contribution in [2.45, 2.75) is 6.92 Å². The summed E-state index contributed by atoms with van der Waals surface area (Å²) in [6.45, 7) is 4.44. The van der Waals surface area contributed by atoms with Gasteiger partial charge in [0.15, 0.2) is 0 Å². The van der Waals surface area contributed by atoms with Gasteiger partial charge in [-0.3, -0.25) is 9.59 Å². The molecule has 1 aliphatic rings. The first-order chi connectivity index (χ1) is 8.49. The van der Waals surface area contributed by atoms with Crippen molar-refractivity contribution in [1.82, 2.24) is 9.80 Å². The molecule has 0 spiro atoms. The summed E-state index contributed by atoms with van der Waals surface area (Å²) in [5, 5.41) is 0. The van der Waals surface area contributed by atoms with Crippen LogP contribution in [0.2, 0.25) is 0 Å². The second-order valence-corrected chi connectivity index (χ2v) is 4.85. The van der Waals surface area contributed by atoms with Crippen LogP contribution in [0.4, 0.5) is 0 Å². The Balaban J connectivity index is 2.54. The topological polar surface area (TPSA) is 59.1 Å². The van der Waals surface area contributed by atoms with Crippen LogP contribution in [0.25, 0.3) is 0 Å². The zero-order chi connectivity index (χ0) is 13.8. The van der Waals surface area contributed by atoms with Crippen molar-refractivity contribution in [2.24, 2.45) is 5.41 Å². The summed E-state index contributed by atoms with van der Waals surface area (Å²) >= 11 is 0. The number of hydrogen-bond donors (Lipinski definition) is 0. The van der Waals surface area contributed by atoms with Crippen LogP contribution in [0, 0.1) is 5.41 Å². The number of likely N-dealkylation sites (N-methyl/N-ethyl adjacent to an activating group) is 1. The van der Waals surface area contributed by atoms with E-state index in [1.165, 1.54) is 4.90 Å². The van der Waals surface area contributed by atoms with Crippen LogP contribution in [0.15, 0.2) is 0 Å². The fourth-order valence-electron chi connectivity index (χ4n) is 2.19. The third-order valence-electron chi connectivity index (χ3n) is 3.24. The molecule has 1 saturated heterocycles. The van der Waals surface area contributed by atoms with E-state index in [-0.39, 0.29) is 5.41 Å². The summed E-state index contributed by atoms with van der Waals surface area (Å²) in [4.78, 5) is 26.5. The van der Waals surface area contributed by atoms with Crippen LogP contribution >= 0.6 is 0 Å². The maximum Gasteiger partial charge on any atom is 0.312 e. The Hall–Kier alpha value is -1.14. The third kappa shape index (κ3) is 3.00. The molecule has 1 heterocycles. The van der Waals surface area contributed by atoms with Gasteiger partial charge >= 0.3 is 11.8 Å². The first-order valence-corrected chi connectivity index (χ1v) is 6.02. The molecule has 1 rings (SSSR count). The molecule has 0 aromatic carbocycles. The predicted octanol–water partition coefficient (Wildman–Crippen LogP) is -0.414. The van der Waals surface area contributed by atoms with Crippen molar-refractivity contribution in [3.05, 3.63) is 0 Å². The van der Waals surface area contributed by atoms with Gasteiger partial charge in [-0.25, -0.2) is 0 Å². The summed E-state index contributed by atoms with van der Waals surface area (Å²) in [6.07, 6.45) is 0. The Bertz CT molecular complexity index is 305. The zero-order valence-corrected chi connectivity index (χ0v) is 11.6. The number of amides is 2. The second kappa shape index (κ2) is 6.15. The van der Waals surface area contributed by atoms with Gasteiger partial charge in [0.05, 0.1) is 18.6 Å². The number of methoxy groups -OCH3 is 2. The minimum Gasteiger partial charge on any atom is -0.384 e. The average Bonchev–Trinajstić information content (AvgIpc) is 2.32. The molecule has 1 aliphatic heterocycles. The maximum absolute atomic E-state index is 11.9. The fourth-order valence-corrected chi connectivity index (χ4v) is 2.19. The van der Waals surface area contributed by atoms with E-state index in [1.54, 1.807) is 26.2 Å². The maximum atomic E-state index is 11.9. The molecule has 0 bridgehead atoms. The monoisotopic (exact) mass is 258 g/mol. The van der Waals surface area contributed by atoms with Gasteiger partial charge in [-0.1, -0.05) is 0 Å². The van der Waals surface area contributed by atoms with Gasteiger partial charge in [0.1, 0.15) is 0 Å². The van der Waals surface area contributed by atoms with Crippen molar-refractivity contribution < 1.29 is 19.1 Å². The smallest absolute Gasteiger partial charge is 0.312 e. The molecule has 0 atom stereocenters. The Morgan fingerprint density at radius 2 is 1.72 bits per heavy atom. The van der Waals surface area contributed by atoms with Crippen LogP contribution < -0.4 is 0 Å². The molecule has 0 aromatic heterocycles. The number of nitrogens with zero attached hydrogens (tertiary/aromatic N) is 2. The predicted molar refractivity (Wildman–Crippen MR) is 66.1 cm³/mol. The fraction of sp³-hybridized carbons (Fsp3) is 0.833. The molecule has 0 radical (unpaired) electrons. The summed E-state index contributed by atoms with van der Waals surface area (Å²) in [7, 11) is 4.87. The number of likely N-dealkylation sites (tertiary alicyclic amines) is 1. The molecule has 0 aliphatic carbocycles. The summed E-state index contributed by atoms with van der Waals surface area (Å²) in [5.41, 5.74) is -0.162. The number of ether oxygens (including phenoxy) is 2. The Morgan fingerprint density at radius 3 is 2.11 bits per heavy atom. The average molecular weight is 258 g/mol. The van der Waals surface area contributed by atoms with Gasteiger partial charge < -0.3 is 19.3 Å². The molecule has 0 unspecified atom stereocenters. The number of rotatable bonds is 5. The molecule has 0 N–H and O–H groups in total. The standard InChI is InChI=1S/C12H22N2O4/c1-5-13(2)10(15)11(16)14-6-12(7-14,8-17-3)9-18-4/h5-9H2,1-4H3. The summed E-state index contributed by atoms with van der Waals surface area (Å²) in [5.74, 6) is -0.900. The first kappa shape index (κ1) is 14.9. The Kier molecular flexibility index (Phi) is 5.10. The van der Waals surface area contributed by atoms with Crippen LogP contribution in [0.3, 0.4) is 0 Å². The van der Waals surface area contributed by atoms with E-state index in [4.69, 9.17) is 9.47 Å². The lowest BCUT2D eigenvalue weighted by Crippen LogP contribution is -2.64. The quantitative estimate of drug-likeness (QED) is 0.629. The normalized spacial score (nSPS) is 17.2. The number of hydrogen-bond acceptors (Lipinski definition) is 4. The number of carbonyl (C=O) groups is 2. The van der Waals surface area contributed by atoms with Gasteiger partial charge in [0.25, 0.3) is 0 Å². The molecule has 104 valence electrons. The van der Waals surface area contributed by atoms with Crippen LogP contribution in [0.5, 0.6) is 0 Å². The van der Waals surface area contributed by atoms with E-state index in [0.717, 1.165) is 0 Å². The molecular weight excluding hydrogens is 236 g/mol. The van der Waals surface area contributed by atoms with E-state index < -0.39 is 11.8 Å². The van der Waals surface area contributed by atoms with Gasteiger partial charge in [-0.15, -0.1) is 0 Å². The lowest BCUT2D eigenvalue weighted by molar-refractivity contribution is -0.164. The van der Waals surface area contributed by atoms with Crippen molar-refractivity contribution in [1.29, 1.82) is 0 Å². The lowest BCUT2D eigenvalue weighted by atomic mass is 9.81. The highest BCUT2D eigenvalue weighted by atomic mass is 16.5. The van der Waals surface area contributed by atoms with Gasteiger partial charge in [-0.05, 0) is 6.92 Å². The lowest BCUT2D eigenvalue weighted by Gasteiger charge is -2.49. The van der Waals surface area contributed by atoms with Crippen molar-refractivity contribution in [2.75, 3.05) is 54.1 Å². The molecule has 2 amide bonds. The Labute approximate surface area is 108 Å². The summed E-state index contributed by atoms with van der Waals surface area (Å²) < 4.78 is 10.3. The zero-order valence-electron chi connectivity index (χ0n) is 11.6. The molecule has 0 saturated carbocycles. The summed E-state index contributed by atoms with van der Waals surface area (Å²) in [6, 6.07) is 0. The van der Waals surface area contributed by atoms with Crippen molar-refractivity contribution in [3.8, 4) is 0 Å². The Morgan fingerprint density at radius 1 is 1.22 bits per heavy atom. The minimum absolute atomic E-state index is 0.162. The molecular formula is C12H22N2O4. The molecule has 0 aromatic rings.